The number of carbonyl (C=O) groups is 1. The van der Waals surface area contributed by atoms with Crippen LogP contribution < -0.4 is 5.32 Å². The monoisotopic (exact) mass is 304 g/mol. The quantitative estimate of drug-likeness (QED) is 0.855. The Morgan fingerprint density at radius 2 is 2.00 bits per heavy atom. The van der Waals surface area contributed by atoms with E-state index >= 15 is 0 Å². The van der Waals surface area contributed by atoms with Crippen LogP contribution in [-0.4, -0.2) is 18.1 Å². The number of ether oxygens (including phenoxy) is 1. The van der Waals surface area contributed by atoms with Crippen LogP contribution in [-0.2, 0) is 9.53 Å². The Labute approximate surface area is 129 Å². The number of hydrogen-bond donors (Lipinski definition) is 1. The van der Waals surface area contributed by atoms with Crippen LogP contribution in [0.15, 0.2) is 42.5 Å². The van der Waals surface area contributed by atoms with Crippen LogP contribution in [0.5, 0.6) is 0 Å². The molecule has 2 aromatic rings. The highest BCUT2D eigenvalue weighted by Gasteiger charge is 2.17. The Morgan fingerprint density at radius 3 is 2.62 bits per heavy atom. The van der Waals surface area contributed by atoms with Crippen molar-refractivity contribution in [3.8, 4) is 0 Å². The Kier molecular flexibility index (Phi) is 5.17. The van der Waals surface area contributed by atoms with Crippen molar-refractivity contribution in [1.29, 1.82) is 0 Å². The van der Waals surface area contributed by atoms with E-state index in [-0.39, 0.29) is 18.4 Å². The van der Waals surface area contributed by atoms with Crippen molar-refractivity contribution in [2.24, 2.45) is 0 Å². The van der Waals surface area contributed by atoms with Crippen molar-refractivity contribution >= 4 is 23.4 Å². The molecule has 110 valence electrons. The molecule has 1 N–H and O–H groups in total. The fourth-order valence-corrected chi connectivity index (χ4v) is 2.13. The number of nitrogens with one attached hydrogen (secondary N) is 1. The van der Waals surface area contributed by atoms with Crippen LogP contribution in [0.4, 0.5) is 5.82 Å². The lowest BCUT2D eigenvalue weighted by atomic mass is 10.0. The Morgan fingerprint density at radius 1 is 1.29 bits per heavy atom. The number of aryl methyl sites for hydroxylation is 1. The Balaban J connectivity index is 2.23. The van der Waals surface area contributed by atoms with E-state index in [1.807, 2.05) is 37.3 Å². The second kappa shape index (κ2) is 7.09. The number of rotatable bonds is 5. The average Bonchev–Trinajstić information content (AvgIpc) is 2.47. The van der Waals surface area contributed by atoms with Gasteiger partial charge in [-0.05, 0) is 36.8 Å². The Hall–Kier alpha value is -2.07. The zero-order valence-electron chi connectivity index (χ0n) is 12.0. The molecule has 0 saturated carbocycles. The van der Waals surface area contributed by atoms with Gasteiger partial charge in [-0.3, -0.25) is 4.79 Å². The summed E-state index contributed by atoms with van der Waals surface area (Å²) in [4.78, 5) is 16.0. The zero-order chi connectivity index (χ0) is 15.2. The van der Waals surface area contributed by atoms with Crippen LogP contribution in [0.3, 0.4) is 0 Å². The third kappa shape index (κ3) is 4.46. The molecule has 0 aliphatic heterocycles. The molecule has 0 fully saturated rings. The number of methoxy groups -OCH3 is 1. The van der Waals surface area contributed by atoms with Gasteiger partial charge in [-0.15, -0.1) is 0 Å². The minimum absolute atomic E-state index is 0.216. The standard InChI is InChI=1S/C16H17ClN2O2/c1-11-4-3-5-15(18-11)19-14(10-16(20)21-2)12-6-8-13(17)9-7-12/h3-9,14H,10H2,1-2H3,(H,18,19). The minimum atomic E-state index is -0.282. The third-order valence-corrected chi connectivity index (χ3v) is 3.33. The molecule has 1 atom stereocenters. The van der Waals surface area contributed by atoms with Gasteiger partial charge in [-0.1, -0.05) is 29.8 Å². The molecular weight excluding hydrogens is 288 g/mol. The van der Waals surface area contributed by atoms with E-state index in [1.54, 1.807) is 12.1 Å². The fraction of sp³-hybridized carbons (Fsp3) is 0.250. The molecule has 21 heavy (non-hydrogen) atoms. The zero-order valence-corrected chi connectivity index (χ0v) is 12.7. The molecular formula is C16H17ClN2O2. The molecule has 5 heteroatoms. The topological polar surface area (TPSA) is 51.2 Å². The number of benzene rings is 1. The maximum Gasteiger partial charge on any atom is 0.307 e. The molecule has 0 amide bonds. The van der Waals surface area contributed by atoms with Gasteiger partial charge in [-0.25, -0.2) is 4.98 Å². The SMILES string of the molecule is COC(=O)CC(Nc1cccc(C)n1)c1ccc(Cl)cc1. The minimum Gasteiger partial charge on any atom is -0.469 e. The maximum atomic E-state index is 11.6. The van der Waals surface area contributed by atoms with Crippen molar-refractivity contribution in [1.82, 2.24) is 4.98 Å². The van der Waals surface area contributed by atoms with Crippen molar-refractivity contribution in [3.05, 3.63) is 58.7 Å². The summed E-state index contributed by atoms with van der Waals surface area (Å²) in [6, 6.07) is 12.9. The molecule has 1 heterocycles. The second-order valence-corrected chi connectivity index (χ2v) is 5.13. The van der Waals surface area contributed by atoms with Crippen molar-refractivity contribution in [3.63, 3.8) is 0 Å². The lowest BCUT2D eigenvalue weighted by Gasteiger charge is -2.19. The summed E-state index contributed by atoms with van der Waals surface area (Å²) in [7, 11) is 1.38. The summed E-state index contributed by atoms with van der Waals surface area (Å²) in [5.41, 5.74) is 1.86. The molecule has 1 aromatic heterocycles. The van der Waals surface area contributed by atoms with Crippen molar-refractivity contribution in [2.45, 2.75) is 19.4 Å². The lowest BCUT2D eigenvalue weighted by Crippen LogP contribution is -2.17. The number of pyridine rings is 1. The summed E-state index contributed by atoms with van der Waals surface area (Å²) >= 11 is 5.91. The van der Waals surface area contributed by atoms with Crippen LogP contribution in [0.1, 0.15) is 23.7 Å². The molecule has 2 rings (SSSR count). The molecule has 0 radical (unpaired) electrons. The molecule has 0 aliphatic rings. The van der Waals surface area contributed by atoms with Crippen LogP contribution in [0, 0.1) is 6.92 Å². The number of halogens is 1. The molecule has 0 aliphatic carbocycles. The second-order valence-electron chi connectivity index (χ2n) is 4.69. The van der Waals surface area contributed by atoms with E-state index < -0.39 is 0 Å². The first-order valence-electron chi connectivity index (χ1n) is 6.61. The van der Waals surface area contributed by atoms with Crippen LogP contribution >= 0.6 is 11.6 Å². The van der Waals surface area contributed by atoms with Gasteiger partial charge < -0.3 is 10.1 Å². The van der Waals surface area contributed by atoms with Gasteiger partial charge in [0.05, 0.1) is 19.6 Å². The molecule has 0 spiro atoms. The van der Waals surface area contributed by atoms with Gasteiger partial charge in [-0.2, -0.15) is 0 Å². The first-order chi connectivity index (χ1) is 10.1. The van der Waals surface area contributed by atoms with E-state index in [9.17, 15) is 4.79 Å². The first-order valence-corrected chi connectivity index (χ1v) is 6.99. The van der Waals surface area contributed by atoms with E-state index in [4.69, 9.17) is 16.3 Å². The number of anilines is 1. The highest BCUT2D eigenvalue weighted by molar-refractivity contribution is 6.30. The number of aromatic nitrogens is 1. The number of nitrogens with zero attached hydrogens (tertiary/aromatic N) is 1. The van der Waals surface area contributed by atoms with E-state index in [0.29, 0.717) is 5.02 Å². The van der Waals surface area contributed by atoms with E-state index in [0.717, 1.165) is 17.1 Å². The van der Waals surface area contributed by atoms with Gasteiger partial charge in [0.25, 0.3) is 0 Å². The van der Waals surface area contributed by atoms with Gasteiger partial charge in [0.1, 0.15) is 5.82 Å². The predicted octanol–water partition coefficient (Wildman–Crippen LogP) is 3.76. The maximum absolute atomic E-state index is 11.6. The fourth-order valence-electron chi connectivity index (χ4n) is 2.00. The molecule has 0 bridgehead atoms. The summed E-state index contributed by atoms with van der Waals surface area (Å²) in [5, 5.41) is 3.92. The smallest absolute Gasteiger partial charge is 0.307 e. The van der Waals surface area contributed by atoms with E-state index in [1.165, 1.54) is 7.11 Å². The van der Waals surface area contributed by atoms with Gasteiger partial charge in [0, 0.05) is 10.7 Å². The molecule has 1 unspecified atom stereocenters. The van der Waals surface area contributed by atoms with E-state index in [2.05, 4.69) is 10.3 Å². The van der Waals surface area contributed by atoms with Crippen LogP contribution in [0.2, 0.25) is 5.02 Å². The summed E-state index contributed by atoms with van der Waals surface area (Å²) in [6.07, 6.45) is 0.216. The third-order valence-electron chi connectivity index (χ3n) is 3.08. The highest BCUT2D eigenvalue weighted by atomic mass is 35.5. The van der Waals surface area contributed by atoms with Gasteiger partial charge >= 0.3 is 5.97 Å². The first kappa shape index (κ1) is 15.3. The average molecular weight is 305 g/mol. The summed E-state index contributed by atoms with van der Waals surface area (Å²) < 4.78 is 4.76. The number of hydrogen-bond acceptors (Lipinski definition) is 4. The largest absolute Gasteiger partial charge is 0.469 e. The van der Waals surface area contributed by atoms with Crippen molar-refractivity contribution in [2.75, 3.05) is 12.4 Å². The van der Waals surface area contributed by atoms with Crippen molar-refractivity contribution < 1.29 is 9.53 Å². The van der Waals surface area contributed by atoms with Crippen LogP contribution in [0.25, 0.3) is 0 Å². The van der Waals surface area contributed by atoms with Gasteiger partial charge in [0.2, 0.25) is 0 Å². The lowest BCUT2D eigenvalue weighted by molar-refractivity contribution is -0.140. The van der Waals surface area contributed by atoms with Gasteiger partial charge in [0.15, 0.2) is 0 Å². The Bertz CT molecular complexity index is 614. The summed E-state index contributed by atoms with van der Waals surface area (Å²) in [6.45, 7) is 1.92. The predicted molar refractivity (Wildman–Crippen MR) is 83.4 cm³/mol. The molecule has 1 aromatic carbocycles. The highest BCUT2D eigenvalue weighted by Crippen LogP contribution is 2.24. The summed E-state index contributed by atoms with van der Waals surface area (Å²) in [5.74, 6) is 0.439. The number of carbonyl (C=O) groups excluding carboxylic acids is 1. The molecule has 0 saturated heterocycles. The molecule has 4 nitrogen and oxygen atoms in total. The normalized spacial score (nSPS) is 11.8. The number of esters is 1.